The third-order valence-electron chi connectivity index (χ3n) is 3.86. The number of nitrogens with one attached hydrogen (secondary N) is 2. The monoisotopic (exact) mass is 418 g/mol. The lowest BCUT2D eigenvalue weighted by molar-refractivity contribution is -0.117. The van der Waals surface area contributed by atoms with Crippen molar-refractivity contribution in [2.24, 2.45) is 5.92 Å². The van der Waals surface area contributed by atoms with Crippen molar-refractivity contribution < 1.29 is 27.8 Å². The summed E-state index contributed by atoms with van der Waals surface area (Å²) in [5, 5.41) is 5.49. The van der Waals surface area contributed by atoms with Gasteiger partial charge in [0.05, 0.1) is 7.11 Å². The Morgan fingerprint density at radius 1 is 1.00 bits per heavy atom. The molecule has 30 heavy (non-hydrogen) atoms. The molecule has 0 heterocycles. The first-order chi connectivity index (χ1) is 14.3. The standard InChI is InChI=1S/C22H24F2N2O4/c1-14(2)12-21(28)26-17-8-6-16(7-9-17)25-20(27)11-5-15-4-10-18(30-22(23)24)19(13-15)29-3/h4-11,13-14,22H,12H2,1-3H3,(H,25,27)(H,26,28)/b11-5+. The van der Waals surface area contributed by atoms with Crippen molar-refractivity contribution in [1.29, 1.82) is 0 Å². The van der Waals surface area contributed by atoms with Gasteiger partial charge < -0.3 is 20.1 Å². The fourth-order valence-corrected chi connectivity index (χ4v) is 2.56. The molecule has 2 amide bonds. The highest BCUT2D eigenvalue weighted by Crippen LogP contribution is 2.29. The summed E-state index contributed by atoms with van der Waals surface area (Å²) < 4.78 is 34.1. The van der Waals surface area contributed by atoms with Crippen LogP contribution in [0.5, 0.6) is 11.5 Å². The number of benzene rings is 2. The lowest BCUT2D eigenvalue weighted by atomic mass is 10.1. The maximum Gasteiger partial charge on any atom is 0.387 e. The molecule has 2 aromatic carbocycles. The summed E-state index contributed by atoms with van der Waals surface area (Å²) >= 11 is 0. The molecule has 160 valence electrons. The molecule has 8 heteroatoms. The van der Waals surface area contributed by atoms with Crippen LogP contribution in [-0.2, 0) is 9.59 Å². The van der Waals surface area contributed by atoms with Crippen molar-refractivity contribution in [3.05, 3.63) is 54.1 Å². The van der Waals surface area contributed by atoms with Gasteiger partial charge in [-0.3, -0.25) is 9.59 Å². The van der Waals surface area contributed by atoms with Gasteiger partial charge >= 0.3 is 6.61 Å². The summed E-state index contributed by atoms with van der Waals surface area (Å²) in [7, 11) is 1.34. The van der Waals surface area contributed by atoms with Crippen LogP contribution in [0.3, 0.4) is 0 Å². The molecule has 2 N–H and O–H groups in total. The summed E-state index contributed by atoms with van der Waals surface area (Å²) in [5.74, 6) is -0.130. The zero-order valence-corrected chi connectivity index (χ0v) is 16.9. The van der Waals surface area contributed by atoms with Crippen LogP contribution < -0.4 is 20.1 Å². The number of hydrogen-bond donors (Lipinski definition) is 2. The molecular formula is C22H24F2N2O4. The molecule has 0 fully saturated rings. The van der Waals surface area contributed by atoms with Gasteiger partial charge in [-0.25, -0.2) is 0 Å². The number of alkyl halides is 2. The number of halogens is 2. The van der Waals surface area contributed by atoms with Crippen molar-refractivity contribution in [3.8, 4) is 11.5 Å². The Kier molecular flexibility index (Phi) is 8.34. The van der Waals surface area contributed by atoms with E-state index in [1.165, 1.54) is 37.5 Å². The molecule has 6 nitrogen and oxygen atoms in total. The van der Waals surface area contributed by atoms with Gasteiger partial charge in [-0.05, 0) is 54.0 Å². The molecule has 2 aromatic rings. The highest BCUT2D eigenvalue weighted by Gasteiger charge is 2.10. The normalized spacial score (nSPS) is 11.0. The van der Waals surface area contributed by atoms with Gasteiger partial charge in [0.2, 0.25) is 11.8 Å². The third kappa shape index (κ3) is 7.54. The summed E-state index contributed by atoms with van der Waals surface area (Å²) in [6.07, 6.45) is 3.26. The molecule has 0 aliphatic heterocycles. The smallest absolute Gasteiger partial charge is 0.387 e. The quantitative estimate of drug-likeness (QED) is 0.566. The number of amides is 2. The molecule has 0 aliphatic carbocycles. The fourth-order valence-electron chi connectivity index (χ4n) is 2.56. The van der Waals surface area contributed by atoms with Crippen LogP contribution in [-0.4, -0.2) is 25.5 Å². The minimum atomic E-state index is -2.96. The minimum absolute atomic E-state index is 0.0647. The van der Waals surface area contributed by atoms with Crippen LogP contribution in [0.25, 0.3) is 6.08 Å². The van der Waals surface area contributed by atoms with Crippen LogP contribution in [0.4, 0.5) is 20.2 Å². The molecule has 0 radical (unpaired) electrons. The maximum atomic E-state index is 12.4. The Labute approximate surface area is 173 Å². The van der Waals surface area contributed by atoms with Crippen LogP contribution in [0.2, 0.25) is 0 Å². The Balaban J connectivity index is 1.95. The summed E-state index contributed by atoms with van der Waals surface area (Å²) in [5.41, 5.74) is 1.78. The zero-order valence-electron chi connectivity index (χ0n) is 16.9. The van der Waals surface area contributed by atoms with Gasteiger partial charge in [-0.1, -0.05) is 19.9 Å². The highest BCUT2D eigenvalue weighted by molar-refractivity contribution is 6.02. The maximum absolute atomic E-state index is 12.4. The molecule has 2 rings (SSSR count). The van der Waals surface area contributed by atoms with E-state index in [0.717, 1.165) is 0 Å². The molecular weight excluding hydrogens is 394 g/mol. The van der Waals surface area contributed by atoms with Gasteiger partial charge in [0.1, 0.15) is 0 Å². The zero-order chi connectivity index (χ0) is 22.1. The van der Waals surface area contributed by atoms with Crippen LogP contribution in [0.1, 0.15) is 25.8 Å². The number of rotatable bonds is 9. The van der Waals surface area contributed by atoms with Gasteiger partial charge in [0.15, 0.2) is 11.5 Å². The average Bonchev–Trinajstić information content (AvgIpc) is 2.67. The van der Waals surface area contributed by atoms with E-state index in [1.807, 2.05) is 13.8 Å². The summed E-state index contributed by atoms with van der Waals surface area (Å²) in [4.78, 5) is 23.9. The molecule has 0 bridgehead atoms. The van der Waals surface area contributed by atoms with Crippen molar-refractivity contribution in [1.82, 2.24) is 0 Å². The molecule has 0 aromatic heterocycles. The fraction of sp³-hybridized carbons (Fsp3) is 0.273. The lowest BCUT2D eigenvalue weighted by Crippen LogP contribution is -2.14. The predicted octanol–water partition coefficient (Wildman–Crippen LogP) is 4.93. The first-order valence-corrected chi connectivity index (χ1v) is 9.28. The first kappa shape index (κ1) is 22.9. The molecule has 0 atom stereocenters. The third-order valence-corrected chi connectivity index (χ3v) is 3.86. The van der Waals surface area contributed by atoms with E-state index >= 15 is 0 Å². The van der Waals surface area contributed by atoms with Gasteiger partial charge in [-0.2, -0.15) is 8.78 Å². The SMILES string of the molecule is COc1cc(/C=C/C(=O)Nc2ccc(NC(=O)CC(C)C)cc2)ccc1OC(F)F. The lowest BCUT2D eigenvalue weighted by Gasteiger charge is -2.10. The van der Waals surface area contributed by atoms with Gasteiger partial charge in [0.25, 0.3) is 0 Å². The van der Waals surface area contributed by atoms with Crippen molar-refractivity contribution >= 4 is 29.3 Å². The largest absolute Gasteiger partial charge is 0.493 e. The number of carbonyl (C=O) groups excluding carboxylic acids is 2. The molecule has 0 saturated heterocycles. The predicted molar refractivity (Wildman–Crippen MR) is 112 cm³/mol. The second-order valence-corrected chi connectivity index (χ2v) is 6.83. The van der Waals surface area contributed by atoms with Crippen LogP contribution in [0, 0.1) is 5.92 Å². The van der Waals surface area contributed by atoms with E-state index < -0.39 is 6.61 Å². The second-order valence-electron chi connectivity index (χ2n) is 6.83. The van der Waals surface area contributed by atoms with E-state index in [0.29, 0.717) is 23.4 Å². The molecule has 0 unspecified atom stereocenters. The number of carbonyl (C=O) groups is 2. The van der Waals surface area contributed by atoms with Crippen molar-refractivity contribution in [2.75, 3.05) is 17.7 Å². The van der Waals surface area contributed by atoms with Gasteiger partial charge in [-0.15, -0.1) is 0 Å². The molecule has 0 saturated carbocycles. The highest BCUT2D eigenvalue weighted by atomic mass is 19.3. The van der Waals surface area contributed by atoms with Gasteiger partial charge in [0, 0.05) is 23.9 Å². The van der Waals surface area contributed by atoms with Crippen molar-refractivity contribution in [3.63, 3.8) is 0 Å². The van der Waals surface area contributed by atoms with E-state index in [9.17, 15) is 18.4 Å². The Hall–Kier alpha value is -3.42. The Morgan fingerprint density at radius 2 is 1.63 bits per heavy atom. The average molecular weight is 418 g/mol. The van der Waals surface area contributed by atoms with E-state index in [2.05, 4.69) is 15.4 Å². The van der Waals surface area contributed by atoms with Crippen LogP contribution in [0.15, 0.2) is 48.5 Å². The minimum Gasteiger partial charge on any atom is -0.493 e. The summed E-state index contributed by atoms with van der Waals surface area (Å²) in [6, 6.07) is 11.1. The van der Waals surface area contributed by atoms with E-state index in [1.54, 1.807) is 24.3 Å². The molecule has 0 spiro atoms. The van der Waals surface area contributed by atoms with E-state index in [-0.39, 0.29) is 29.2 Å². The number of methoxy groups -OCH3 is 1. The van der Waals surface area contributed by atoms with E-state index in [4.69, 9.17) is 4.74 Å². The Morgan fingerprint density at radius 3 is 2.20 bits per heavy atom. The van der Waals surface area contributed by atoms with Crippen LogP contribution >= 0.6 is 0 Å². The topological polar surface area (TPSA) is 76.7 Å². The molecule has 0 aliphatic rings. The Bertz CT molecular complexity index is 897. The second kappa shape index (κ2) is 10.9. The summed E-state index contributed by atoms with van der Waals surface area (Å²) in [6.45, 7) is 0.974. The first-order valence-electron chi connectivity index (χ1n) is 9.28. The number of anilines is 2. The number of ether oxygens (including phenoxy) is 2. The number of hydrogen-bond acceptors (Lipinski definition) is 4. The van der Waals surface area contributed by atoms with Crippen molar-refractivity contribution in [2.45, 2.75) is 26.9 Å².